The van der Waals surface area contributed by atoms with Crippen LogP contribution >= 0.6 is 0 Å². The summed E-state index contributed by atoms with van der Waals surface area (Å²) in [6.45, 7) is 4.62. The lowest BCUT2D eigenvalue weighted by atomic mass is 10.2. The second-order valence-electron chi connectivity index (χ2n) is 1.72. The van der Waals surface area contributed by atoms with E-state index in [1.54, 1.807) is 0 Å². The van der Waals surface area contributed by atoms with Crippen LogP contribution in [-0.2, 0) is 14.3 Å². The topological polar surface area (TPSA) is 43.4 Å². The van der Waals surface area contributed by atoms with E-state index in [9.17, 15) is 14.0 Å². The van der Waals surface area contributed by atoms with Crippen LogP contribution < -0.4 is 0 Å². The fourth-order valence-corrected chi connectivity index (χ4v) is 0.435. The first-order chi connectivity index (χ1) is 5.13. The number of ether oxygens (including phenoxy) is 1. The van der Waals surface area contributed by atoms with Crippen molar-refractivity contribution >= 4 is 11.8 Å². The van der Waals surface area contributed by atoms with Gasteiger partial charge >= 0.3 is 5.97 Å². The average Bonchev–Trinajstić information content (AvgIpc) is 2.02. The van der Waals surface area contributed by atoms with E-state index >= 15 is 0 Å². The molecule has 0 N–H and O–H groups in total. The fourth-order valence-electron chi connectivity index (χ4n) is 0.435. The van der Waals surface area contributed by atoms with Gasteiger partial charge < -0.3 is 4.74 Å². The molecule has 0 aliphatic carbocycles. The molecule has 0 fully saturated rings. The van der Waals surface area contributed by atoms with Crippen molar-refractivity contribution in [2.75, 3.05) is 6.61 Å². The lowest BCUT2D eigenvalue weighted by Gasteiger charge is -2.02. The molecule has 0 radical (unpaired) electrons. The minimum absolute atomic E-state index is 0.0592. The Balaban J connectivity index is 4.01. The highest BCUT2D eigenvalue weighted by Crippen LogP contribution is 1.97. The summed E-state index contributed by atoms with van der Waals surface area (Å²) in [5.41, 5.74) is 0. The van der Waals surface area contributed by atoms with Gasteiger partial charge in [-0.3, -0.25) is 4.79 Å². The first-order valence-electron chi connectivity index (χ1n) is 3.10. The quantitative estimate of drug-likeness (QED) is 0.344. The molecule has 11 heavy (non-hydrogen) atoms. The highest BCUT2D eigenvalue weighted by Gasteiger charge is 2.24. The van der Waals surface area contributed by atoms with Gasteiger partial charge in [-0.15, -0.1) is 0 Å². The van der Waals surface area contributed by atoms with Crippen molar-refractivity contribution in [3.8, 4) is 0 Å². The molecule has 0 rings (SSSR count). The van der Waals surface area contributed by atoms with Crippen molar-refractivity contribution in [2.45, 2.75) is 13.1 Å². The van der Waals surface area contributed by atoms with Crippen molar-refractivity contribution < 1.29 is 18.7 Å². The maximum atomic E-state index is 12.5. The van der Waals surface area contributed by atoms with Gasteiger partial charge in [0.25, 0.3) is 6.17 Å². The smallest absolute Gasteiger partial charge is 0.348 e. The third kappa shape index (κ3) is 2.93. The minimum Gasteiger partial charge on any atom is -0.463 e. The van der Waals surface area contributed by atoms with E-state index < -0.39 is 17.9 Å². The molecule has 0 heterocycles. The van der Waals surface area contributed by atoms with Crippen LogP contribution in [0, 0.1) is 0 Å². The van der Waals surface area contributed by atoms with Gasteiger partial charge in [-0.2, -0.15) is 0 Å². The zero-order valence-corrected chi connectivity index (χ0v) is 6.17. The summed E-state index contributed by atoms with van der Waals surface area (Å²) >= 11 is 0. The monoisotopic (exact) mass is 160 g/mol. The van der Waals surface area contributed by atoms with Crippen molar-refractivity contribution in [3.05, 3.63) is 12.7 Å². The number of carbonyl (C=O) groups is 2. The maximum Gasteiger partial charge on any atom is 0.348 e. The van der Waals surface area contributed by atoms with Crippen LogP contribution in [-0.4, -0.2) is 24.5 Å². The predicted octanol–water partition coefficient (Wildman–Crippen LogP) is 0.643. The number of rotatable bonds is 4. The standard InChI is InChI=1S/C7H9FO3/c1-3-5(9)6(8)7(10)11-4-2/h3,6H,1,4H2,2H3. The number of esters is 1. The summed E-state index contributed by atoms with van der Waals surface area (Å²) in [4.78, 5) is 20.9. The Morgan fingerprint density at radius 3 is 2.64 bits per heavy atom. The van der Waals surface area contributed by atoms with E-state index in [-0.39, 0.29) is 6.61 Å². The van der Waals surface area contributed by atoms with Gasteiger partial charge in [0.2, 0.25) is 5.78 Å². The van der Waals surface area contributed by atoms with Crippen LogP contribution in [0.25, 0.3) is 0 Å². The fraction of sp³-hybridized carbons (Fsp3) is 0.429. The molecule has 0 saturated carbocycles. The zero-order chi connectivity index (χ0) is 8.85. The van der Waals surface area contributed by atoms with Crippen LogP contribution in [0.15, 0.2) is 12.7 Å². The second kappa shape index (κ2) is 4.60. The molecule has 1 unspecified atom stereocenters. The van der Waals surface area contributed by atoms with Crippen LogP contribution in [0.4, 0.5) is 4.39 Å². The molecule has 0 aliphatic rings. The Kier molecular flexibility index (Phi) is 4.10. The highest BCUT2D eigenvalue weighted by molar-refractivity contribution is 6.07. The van der Waals surface area contributed by atoms with Crippen LogP contribution in [0.5, 0.6) is 0 Å². The van der Waals surface area contributed by atoms with Gasteiger partial charge in [0.05, 0.1) is 6.61 Å². The molecule has 0 aromatic heterocycles. The van der Waals surface area contributed by atoms with Crippen molar-refractivity contribution in [1.82, 2.24) is 0 Å². The Morgan fingerprint density at radius 2 is 2.27 bits per heavy atom. The predicted molar refractivity (Wildman–Crippen MR) is 36.7 cm³/mol. The Bertz CT molecular complexity index is 177. The molecule has 0 aromatic rings. The zero-order valence-electron chi connectivity index (χ0n) is 6.17. The SMILES string of the molecule is C=CC(=O)C(F)C(=O)OCC. The molecule has 0 aromatic carbocycles. The van der Waals surface area contributed by atoms with E-state index in [0.717, 1.165) is 6.08 Å². The number of halogens is 1. The van der Waals surface area contributed by atoms with Gasteiger partial charge in [0.15, 0.2) is 0 Å². The van der Waals surface area contributed by atoms with Gasteiger partial charge in [-0.05, 0) is 13.0 Å². The number of hydrogen-bond donors (Lipinski definition) is 0. The number of carbonyl (C=O) groups excluding carboxylic acids is 2. The molecule has 0 saturated heterocycles. The van der Waals surface area contributed by atoms with E-state index in [0.29, 0.717) is 0 Å². The molecule has 0 amide bonds. The van der Waals surface area contributed by atoms with Gasteiger partial charge in [-0.25, -0.2) is 9.18 Å². The van der Waals surface area contributed by atoms with E-state index in [2.05, 4.69) is 11.3 Å². The molecular formula is C7H9FO3. The first-order valence-corrected chi connectivity index (χ1v) is 3.10. The lowest BCUT2D eigenvalue weighted by molar-refractivity contribution is -0.151. The molecule has 1 atom stereocenters. The summed E-state index contributed by atoms with van der Waals surface area (Å²) in [5.74, 6) is -2.12. The van der Waals surface area contributed by atoms with Crippen molar-refractivity contribution in [3.63, 3.8) is 0 Å². The van der Waals surface area contributed by atoms with Crippen LogP contribution in [0.1, 0.15) is 6.92 Å². The molecular weight excluding hydrogens is 151 g/mol. The van der Waals surface area contributed by atoms with E-state index in [1.807, 2.05) is 0 Å². The Labute approximate surface area is 63.8 Å². The van der Waals surface area contributed by atoms with Crippen LogP contribution in [0.3, 0.4) is 0 Å². The molecule has 3 nitrogen and oxygen atoms in total. The maximum absolute atomic E-state index is 12.5. The summed E-state index contributed by atoms with van der Waals surface area (Å²) < 4.78 is 16.7. The molecule has 0 bridgehead atoms. The second-order valence-corrected chi connectivity index (χ2v) is 1.72. The third-order valence-corrected chi connectivity index (χ3v) is 0.945. The number of allylic oxidation sites excluding steroid dienone is 1. The van der Waals surface area contributed by atoms with Gasteiger partial charge in [-0.1, -0.05) is 6.58 Å². The summed E-state index contributed by atoms with van der Waals surface area (Å²) in [6.07, 6.45) is -1.46. The van der Waals surface area contributed by atoms with Crippen LogP contribution in [0.2, 0.25) is 0 Å². The highest BCUT2D eigenvalue weighted by atomic mass is 19.1. The van der Waals surface area contributed by atoms with Crippen molar-refractivity contribution in [1.29, 1.82) is 0 Å². The molecule has 4 heteroatoms. The largest absolute Gasteiger partial charge is 0.463 e. The van der Waals surface area contributed by atoms with Gasteiger partial charge in [0.1, 0.15) is 0 Å². The van der Waals surface area contributed by atoms with E-state index in [4.69, 9.17) is 0 Å². The minimum atomic E-state index is -2.22. The number of alkyl halides is 1. The number of hydrogen-bond acceptors (Lipinski definition) is 3. The Hall–Kier alpha value is -1.19. The summed E-state index contributed by atoms with van der Waals surface area (Å²) in [5, 5.41) is 0. The number of ketones is 1. The third-order valence-electron chi connectivity index (χ3n) is 0.945. The van der Waals surface area contributed by atoms with Crippen molar-refractivity contribution in [2.24, 2.45) is 0 Å². The average molecular weight is 160 g/mol. The molecule has 0 aliphatic heterocycles. The summed E-state index contributed by atoms with van der Waals surface area (Å²) in [7, 11) is 0. The normalized spacial score (nSPS) is 11.8. The lowest BCUT2D eigenvalue weighted by Crippen LogP contribution is -2.26. The molecule has 62 valence electrons. The van der Waals surface area contributed by atoms with Gasteiger partial charge in [0, 0.05) is 0 Å². The molecule has 0 spiro atoms. The Morgan fingerprint density at radius 1 is 1.73 bits per heavy atom. The summed E-state index contributed by atoms with van der Waals surface area (Å²) in [6, 6.07) is 0. The van der Waals surface area contributed by atoms with E-state index in [1.165, 1.54) is 6.92 Å². The first kappa shape index (κ1) is 9.81.